The molecule has 1 aromatic carbocycles. The van der Waals surface area contributed by atoms with Gasteiger partial charge in [0.15, 0.2) is 16.7 Å². The lowest BCUT2D eigenvalue weighted by molar-refractivity contribution is 0.174. The third-order valence-corrected chi connectivity index (χ3v) is 5.47. The van der Waals surface area contributed by atoms with Crippen LogP contribution in [0.25, 0.3) is 0 Å². The highest BCUT2D eigenvalue weighted by molar-refractivity contribution is 8.14. The molecular weight excluding hydrogens is 284 g/mol. The first kappa shape index (κ1) is 14.6. The van der Waals surface area contributed by atoms with E-state index in [1.807, 2.05) is 23.9 Å². The number of hydrogen-bond acceptors (Lipinski definition) is 5. The monoisotopic (exact) mass is 306 g/mol. The minimum absolute atomic E-state index is 0.325. The third-order valence-electron chi connectivity index (χ3n) is 4.13. The van der Waals surface area contributed by atoms with Crippen LogP contribution in [0.15, 0.2) is 23.2 Å². The Kier molecular flexibility index (Phi) is 4.58. The van der Waals surface area contributed by atoms with E-state index in [0.29, 0.717) is 12.0 Å². The molecule has 1 N–H and O–H groups in total. The minimum Gasteiger partial charge on any atom is -0.454 e. The molecule has 1 aromatic rings. The number of benzene rings is 1. The Balaban J connectivity index is 1.52. The maximum atomic E-state index is 5.40. The van der Waals surface area contributed by atoms with E-state index < -0.39 is 0 Å². The maximum absolute atomic E-state index is 5.40. The molecular formula is C16H22N2O2S. The Labute approximate surface area is 130 Å². The number of nitrogens with one attached hydrogen (secondary N) is 1. The van der Waals surface area contributed by atoms with Crippen molar-refractivity contribution in [1.82, 2.24) is 5.32 Å². The smallest absolute Gasteiger partial charge is 0.231 e. The normalized spacial score (nSPS) is 20.0. The number of ether oxygens (including phenoxy) is 2. The Bertz CT molecular complexity index is 529. The fourth-order valence-electron chi connectivity index (χ4n) is 2.78. The van der Waals surface area contributed by atoms with Crippen LogP contribution in [0.2, 0.25) is 0 Å². The average Bonchev–Trinajstić information content (AvgIpc) is 3.15. The average molecular weight is 306 g/mol. The zero-order chi connectivity index (χ0) is 14.7. The van der Waals surface area contributed by atoms with Crippen molar-refractivity contribution >= 4 is 16.9 Å². The summed E-state index contributed by atoms with van der Waals surface area (Å²) in [6.07, 6.45) is 2.47. The summed E-state index contributed by atoms with van der Waals surface area (Å²) in [6, 6.07) is 6.07. The highest BCUT2D eigenvalue weighted by Crippen LogP contribution is 2.33. The highest BCUT2D eigenvalue weighted by Gasteiger charge is 2.25. The predicted molar refractivity (Wildman–Crippen MR) is 87.2 cm³/mol. The van der Waals surface area contributed by atoms with Crippen molar-refractivity contribution in [2.75, 3.05) is 13.3 Å². The maximum Gasteiger partial charge on any atom is 0.231 e. The second-order valence-corrected chi connectivity index (χ2v) is 6.65. The summed E-state index contributed by atoms with van der Waals surface area (Å²) in [7, 11) is 0. The first-order valence-electron chi connectivity index (χ1n) is 7.63. The van der Waals surface area contributed by atoms with Gasteiger partial charge in [-0.1, -0.05) is 44.5 Å². The van der Waals surface area contributed by atoms with Crippen molar-refractivity contribution in [3.05, 3.63) is 23.8 Å². The quantitative estimate of drug-likeness (QED) is 0.905. The summed E-state index contributed by atoms with van der Waals surface area (Å²) < 4.78 is 10.7. The van der Waals surface area contributed by atoms with Crippen molar-refractivity contribution in [1.29, 1.82) is 0 Å². The van der Waals surface area contributed by atoms with Crippen LogP contribution >= 0.6 is 11.8 Å². The van der Waals surface area contributed by atoms with Gasteiger partial charge in [0.1, 0.15) is 0 Å². The molecule has 21 heavy (non-hydrogen) atoms. The van der Waals surface area contributed by atoms with Crippen molar-refractivity contribution in [2.45, 2.75) is 38.5 Å². The van der Waals surface area contributed by atoms with Gasteiger partial charge in [-0.15, -0.1) is 0 Å². The van der Waals surface area contributed by atoms with Crippen LogP contribution in [-0.4, -0.2) is 23.8 Å². The lowest BCUT2D eigenvalue weighted by Crippen LogP contribution is -2.21. The molecule has 5 heteroatoms. The van der Waals surface area contributed by atoms with Gasteiger partial charge in [0.05, 0.1) is 6.54 Å². The third kappa shape index (κ3) is 3.28. The molecule has 0 fully saturated rings. The molecule has 2 aliphatic heterocycles. The number of thioether (sulfide) groups is 1. The van der Waals surface area contributed by atoms with Gasteiger partial charge in [0.25, 0.3) is 0 Å². The van der Waals surface area contributed by atoms with Crippen LogP contribution in [0.3, 0.4) is 0 Å². The number of nitrogens with zero attached hydrogens (tertiary/aromatic N) is 1. The van der Waals surface area contributed by atoms with E-state index in [2.05, 4.69) is 30.2 Å². The Hall–Kier alpha value is -1.36. The molecule has 4 nitrogen and oxygen atoms in total. The first-order chi connectivity index (χ1) is 10.3. The molecule has 0 aliphatic carbocycles. The molecule has 0 saturated carbocycles. The number of fused-ring (bicyclic) bond motifs is 1. The molecule has 0 aromatic heterocycles. The lowest BCUT2D eigenvalue weighted by Gasteiger charge is -2.18. The Morgan fingerprint density at radius 2 is 2.10 bits per heavy atom. The van der Waals surface area contributed by atoms with Gasteiger partial charge in [-0.25, -0.2) is 0 Å². The van der Waals surface area contributed by atoms with E-state index >= 15 is 0 Å². The molecule has 0 amide bonds. The molecule has 2 aliphatic rings. The van der Waals surface area contributed by atoms with E-state index in [4.69, 9.17) is 9.47 Å². The molecule has 1 atom stereocenters. The van der Waals surface area contributed by atoms with Gasteiger partial charge >= 0.3 is 0 Å². The molecule has 0 spiro atoms. The second-order valence-electron chi connectivity index (χ2n) is 5.42. The molecule has 3 rings (SSSR count). The van der Waals surface area contributed by atoms with E-state index in [1.54, 1.807) is 0 Å². The molecule has 0 bridgehead atoms. The van der Waals surface area contributed by atoms with Crippen LogP contribution in [0.1, 0.15) is 32.3 Å². The van der Waals surface area contributed by atoms with Crippen molar-refractivity contribution in [3.8, 4) is 11.5 Å². The number of amidine groups is 1. The van der Waals surface area contributed by atoms with E-state index in [9.17, 15) is 0 Å². The summed E-state index contributed by atoms with van der Waals surface area (Å²) in [5, 5.41) is 5.15. The van der Waals surface area contributed by atoms with E-state index in [1.165, 1.54) is 18.4 Å². The Morgan fingerprint density at radius 1 is 1.29 bits per heavy atom. The number of hydrogen-bond donors (Lipinski definition) is 1. The van der Waals surface area contributed by atoms with Gasteiger partial charge < -0.3 is 14.8 Å². The van der Waals surface area contributed by atoms with Crippen LogP contribution in [-0.2, 0) is 6.54 Å². The fraction of sp³-hybridized carbons (Fsp3) is 0.562. The lowest BCUT2D eigenvalue weighted by atomic mass is 9.99. The largest absolute Gasteiger partial charge is 0.454 e. The number of aliphatic imine (C=N–C) groups is 1. The fourth-order valence-corrected chi connectivity index (χ4v) is 4.09. The van der Waals surface area contributed by atoms with Gasteiger partial charge in [0.2, 0.25) is 6.79 Å². The molecule has 114 valence electrons. The van der Waals surface area contributed by atoms with E-state index in [-0.39, 0.29) is 0 Å². The summed E-state index contributed by atoms with van der Waals surface area (Å²) >= 11 is 1.90. The van der Waals surface area contributed by atoms with Crippen LogP contribution in [0.4, 0.5) is 0 Å². The zero-order valence-electron chi connectivity index (χ0n) is 12.6. The second kappa shape index (κ2) is 6.60. The standard InChI is InChI=1S/C16H22N2O2S/c1-3-12(4-2)15-9-18-16(21-15)17-8-11-5-6-13-14(7-11)20-10-19-13/h5-7,12,15H,3-4,8-10H2,1-2H3,(H,17,18). The predicted octanol–water partition coefficient (Wildman–Crippen LogP) is 3.41. The van der Waals surface area contributed by atoms with Gasteiger partial charge in [-0.3, -0.25) is 4.99 Å². The van der Waals surface area contributed by atoms with Crippen molar-refractivity contribution in [3.63, 3.8) is 0 Å². The summed E-state index contributed by atoms with van der Waals surface area (Å²) in [4.78, 5) is 4.63. The van der Waals surface area contributed by atoms with Gasteiger partial charge in [0, 0.05) is 11.8 Å². The topological polar surface area (TPSA) is 42.9 Å². The van der Waals surface area contributed by atoms with Gasteiger partial charge in [-0.2, -0.15) is 0 Å². The number of rotatable bonds is 5. The van der Waals surface area contributed by atoms with Crippen molar-refractivity contribution in [2.24, 2.45) is 10.9 Å². The molecule has 0 saturated heterocycles. The SMILES string of the molecule is CCC(CC)C1CN=C(NCc2ccc3c(c2)OCO3)S1. The summed E-state index contributed by atoms with van der Waals surface area (Å²) in [5.74, 6) is 2.44. The minimum atomic E-state index is 0.325. The van der Waals surface area contributed by atoms with Crippen LogP contribution in [0, 0.1) is 5.92 Å². The highest BCUT2D eigenvalue weighted by atomic mass is 32.2. The molecule has 1 unspecified atom stereocenters. The molecule has 2 heterocycles. The first-order valence-corrected chi connectivity index (χ1v) is 8.51. The van der Waals surface area contributed by atoms with Gasteiger partial charge in [-0.05, 0) is 23.6 Å². The zero-order valence-corrected chi connectivity index (χ0v) is 13.4. The van der Waals surface area contributed by atoms with E-state index in [0.717, 1.165) is 35.7 Å². The van der Waals surface area contributed by atoms with Crippen LogP contribution in [0.5, 0.6) is 11.5 Å². The molecule has 0 radical (unpaired) electrons. The summed E-state index contributed by atoms with van der Waals surface area (Å²) in [5.41, 5.74) is 1.19. The summed E-state index contributed by atoms with van der Waals surface area (Å²) in [6.45, 7) is 6.59. The van der Waals surface area contributed by atoms with Crippen LogP contribution < -0.4 is 14.8 Å². The van der Waals surface area contributed by atoms with Crippen molar-refractivity contribution < 1.29 is 9.47 Å². The Morgan fingerprint density at radius 3 is 2.90 bits per heavy atom.